The molecule has 3 nitrogen and oxygen atoms in total. The highest BCUT2D eigenvalue weighted by atomic mass is 19.1. The van der Waals surface area contributed by atoms with Gasteiger partial charge in [-0.3, -0.25) is 4.79 Å². The Labute approximate surface area is 148 Å². The van der Waals surface area contributed by atoms with Crippen molar-refractivity contribution >= 4 is 5.91 Å². The fourth-order valence-corrected chi connectivity index (χ4v) is 3.44. The molecular formula is C21H25FN2O. The van der Waals surface area contributed by atoms with Crippen molar-refractivity contribution in [2.75, 3.05) is 13.1 Å². The number of amides is 1. The van der Waals surface area contributed by atoms with Crippen molar-refractivity contribution in [2.24, 2.45) is 0 Å². The van der Waals surface area contributed by atoms with Crippen LogP contribution in [-0.4, -0.2) is 29.9 Å². The Morgan fingerprint density at radius 2 is 1.84 bits per heavy atom. The minimum atomic E-state index is -0.185. The van der Waals surface area contributed by atoms with Crippen LogP contribution in [0.15, 0.2) is 54.6 Å². The standard InChI is InChI=1S/C21H25FN2O/c22-20-9-5-4-8-18(20)13-15-24-19(10-11-21(24)25)12-14-23-16-17-6-2-1-3-7-17/h1-9,19,23H,10-16H2. The summed E-state index contributed by atoms with van der Waals surface area (Å²) in [5.41, 5.74) is 1.95. The molecule has 2 aromatic rings. The van der Waals surface area contributed by atoms with E-state index in [0.717, 1.165) is 25.9 Å². The van der Waals surface area contributed by atoms with Gasteiger partial charge in [0.15, 0.2) is 0 Å². The van der Waals surface area contributed by atoms with Gasteiger partial charge in [-0.05, 0) is 43.0 Å². The van der Waals surface area contributed by atoms with Crippen LogP contribution in [0.1, 0.15) is 30.4 Å². The third-order valence-electron chi connectivity index (χ3n) is 4.86. The molecule has 0 aliphatic carbocycles. The summed E-state index contributed by atoms with van der Waals surface area (Å²) in [5.74, 6) is 0.0135. The van der Waals surface area contributed by atoms with Gasteiger partial charge in [0.05, 0.1) is 0 Å². The summed E-state index contributed by atoms with van der Waals surface area (Å²) in [7, 11) is 0. The maximum atomic E-state index is 13.8. The van der Waals surface area contributed by atoms with Crippen LogP contribution in [0.4, 0.5) is 4.39 Å². The first-order valence-electron chi connectivity index (χ1n) is 9.01. The summed E-state index contributed by atoms with van der Waals surface area (Å²) in [5, 5.41) is 3.45. The van der Waals surface area contributed by atoms with Gasteiger partial charge in [0.25, 0.3) is 0 Å². The summed E-state index contributed by atoms with van der Waals surface area (Å²) < 4.78 is 13.8. The summed E-state index contributed by atoms with van der Waals surface area (Å²) in [6.45, 7) is 2.32. The van der Waals surface area contributed by atoms with Crippen LogP contribution in [0.5, 0.6) is 0 Å². The summed E-state index contributed by atoms with van der Waals surface area (Å²) >= 11 is 0. The summed E-state index contributed by atoms with van der Waals surface area (Å²) in [6.07, 6.45) is 3.03. The molecule has 0 bridgehead atoms. The molecule has 132 valence electrons. The van der Waals surface area contributed by atoms with E-state index >= 15 is 0 Å². The van der Waals surface area contributed by atoms with E-state index in [-0.39, 0.29) is 17.8 Å². The van der Waals surface area contributed by atoms with Gasteiger partial charge in [0.1, 0.15) is 5.82 Å². The van der Waals surface area contributed by atoms with E-state index in [0.29, 0.717) is 24.9 Å². The Kier molecular flexibility index (Phi) is 6.18. The van der Waals surface area contributed by atoms with Gasteiger partial charge in [-0.2, -0.15) is 0 Å². The lowest BCUT2D eigenvalue weighted by atomic mass is 10.1. The zero-order valence-electron chi connectivity index (χ0n) is 14.5. The smallest absolute Gasteiger partial charge is 0.222 e. The Balaban J connectivity index is 1.45. The highest BCUT2D eigenvalue weighted by molar-refractivity contribution is 5.78. The summed E-state index contributed by atoms with van der Waals surface area (Å²) in [6, 6.07) is 17.4. The van der Waals surface area contributed by atoms with Crippen molar-refractivity contribution in [2.45, 2.75) is 38.3 Å². The first-order valence-corrected chi connectivity index (χ1v) is 9.01. The number of nitrogens with one attached hydrogen (secondary N) is 1. The van der Waals surface area contributed by atoms with E-state index in [1.807, 2.05) is 29.2 Å². The molecule has 0 spiro atoms. The van der Waals surface area contributed by atoms with Crippen LogP contribution in [0.3, 0.4) is 0 Å². The maximum absolute atomic E-state index is 13.8. The quantitative estimate of drug-likeness (QED) is 0.746. The van der Waals surface area contributed by atoms with Crippen molar-refractivity contribution in [3.05, 3.63) is 71.5 Å². The molecule has 2 aromatic carbocycles. The molecule has 0 aromatic heterocycles. The highest BCUT2D eigenvalue weighted by Gasteiger charge is 2.30. The second-order valence-electron chi connectivity index (χ2n) is 6.57. The molecular weight excluding hydrogens is 315 g/mol. The Hall–Kier alpha value is -2.20. The van der Waals surface area contributed by atoms with Crippen molar-refractivity contribution in [1.29, 1.82) is 0 Å². The van der Waals surface area contributed by atoms with Gasteiger partial charge in [0, 0.05) is 25.6 Å². The lowest BCUT2D eigenvalue weighted by molar-refractivity contribution is -0.129. The number of rotatable bonds is 8. The number of nitrogens with zero attached hydrogens (tertiary/aromatic N) is 1. The molecule has 1 saturated heterocycles. The number of halogens is 1. The predicted octanol–water partition coefficient (Wildman–Crippen LogP) is 3.54. The zero-order chi connectivity index (χ0) is 17.5. The molecule has 0 radical (unpaired) electrons. The van der Waals surface area contributed by atoms with E-state index in [1.54, 1.807) is 12.1 Å². The van der Waals surface area contributed by atoms with Crippen molar-refractivity contribution in [3.63, 3.8) is 0 Å². The third kappa shape index (κ3) is 4.89. The normalized spacial score (nSPS) is 17.2. The Bertz CT molecular complexity index is 689. The van der Waals surface area contributed by atoms with Gasteiger partial charge in [-0.25, -0.2) is 4.39 Å². The number of hydrogen-bond donors (Lipinski definition) is 1. The van der Waals surface area contributed by atoms with E-state index < -0.39 is 0 Å². The van der Waals surface area contributed by atoms with Crippen LogP contribution >= 0.6 is 0 Å². The average Bonchev–Trinajstić information content (AvgIpc) is 2.99. The van der Waals surface area contributed by atoms with E-state index in [2.05, 4.69) is 17.4 Å². The van der Waals surface area contributed by atoms with Crippen molar-refractivity contribution < 1.29 is 9.18 Å². The number of carbonyl (C=O) groups is 1. The van der Waals surface area contributed by atoms with Crippen molar-refractivity contribution in [3.8, 4) is 0 Å². The van der Waals surface area contributed by atoms with Crippen LogP contribution in [0.25, 0.3) is 0 Å². The lowest BCUT2D eigenvalue weighted by Gasteiger charge is -2.25. The maximum Gasteiger partial charge on any atom is 0.222 e. The lowest BCUT2D eigenvalue weighted by Crippen LogP contribution is -2.36. The third-order valence-corrected chi connectivity index (χ3v) is 4.86. The Morgan fingerprint density at radius 1 is 1.08 bits per heavy atom. The zero-order valence-corrected chi connectivity index (χ0v) is 14.5. The van der Waals surface area contributed by atoms with E-state index in [4.69, 9.17) is 0 Å². The fraction of sp³-hybridized carbons (Fsp3) is 0.381. The minimum absolute atomic E-state index is 0.185. The number of benzene rings is 2. The molecule has 25 heavy (non-hydrogen) atoms. The first-order chi connectivity index (χ1) is 12.2. The fourth-order valence-electron chi connectivity index (χ4n) is 3.44. The molecule has 1 aliphatic rings. The second-order valence-corrected chi connectivity index (χ2v) is 6.57. The van der Waals surface area contributed by atoms with E-state index in [9.17, 15) is 9.18 Å². The molecule has 1 N–H and O–H groups in total. The van der Waals surface area contributed by atoms with Gasteiger partial charge < -0.3 is 10.2 Å². The number of likely N-dealkylation sites (tertiary alicyclic amines) is 1. The molecule has 1 fully saturated rings. The molecule has 1 aliphatic heterocycles. The monoisotopic (exact) mass is 340 g/mol. The average molecular weight is 340 g/mol. The number of carbonyl (C=O) groups excluding carboxylic acids is 1. The first kappa shape index (κ1) is 17.6. The summed E-state index contributed by atoms with van der Waals surface area (Å²) in [4.78, 5) is 14.1. The van der Waals surface area contributed by atoms with E-state index in [1.165, 1.54) is 11.6 Å². The Morgan fingerprint density at radius 3 is 2.64 bits per heavy atom. The SMILES string of the molecule is O=C1CCC(CCNCc2ccccc2)N1CCc1ccccc1F. The van der Waals surface area contributed by atoms with Gasteiger partial charge in [-0.15, -0.1) is 0 Å². The molecule has 1 heterocycles. The van der Waals surface area contributed by atoms with Gasteiger partial charge in [-0.1, -0.05) is 48.5 Å². The molecule has 4 heteroatoms. The van der Waals surface area contributed by atoms with Crippen LogP contribution in [-0.2, 0) is 17.8 Å². The van der Waals surface area contributed by atoms with Gasteiger partial charge in [0.2, 0.25) is 5.91 Å². The van der Waals surface area contributed by atoms with Crippen LogP contribution in [0.2, 0.25) is 0 Å². The molecule has 1 atom stereocenters. The van der Waals surface area contributed by atoms with Crippen molar-refractivity contribution in [1.82, 2.24) is 10.2 Å². The topological polar surface area (TPSA) is 32.3 Å². The number of hydrogen-bond acceptors (Lipinski definition) is 2. The molecule has 3 rings (SSSR count). The minimum Gasteiger partial charge on any atom is -0.339 e. The second kappa shape index (κ2) is 8.77. The highest BCUT2D eigenvalue weighted by Crippen LogP contribution is 2.22. The molecule has 0 saturated carbocycles. The van der Waals surface area contributed by atoms with Crippen LogP contribution in [0, 0.1) is 5.82 Å². The van der Waals surface area contributed by atoms with Crippen LogP contribution < -0.4 is 5.32 Å². The van der Waals surface area contributed by atoms with Gasteiger partial charge >= 0.3 is 0 Å². The molecule has 1 amide bonds. The largest absolute Gasteiger partial charge is 0.339 e. The predicted molar refractivity (Wildman–Crippen MR) is 97.6 cm³/mol. The molecule has 1 unspecified atom stereocenters.